The molecule has 9 unspecified atom stereocenters. The number of aliphatic carboxylic acids is 2. The molecule has 1 aliphatic heterocycles. The van der Waals surface area contributed by atoms with Crippen LogP contribution in [0.5, 0.6) is 0 Å². The van der Waals surface area contributed by atoms with Crippen molar-refractivity contribution in [3.05, 3.63) is 73.9 Å². The van der Waals surface area contributed by atoms with Crippen LogP contribution in [0.25, 0.3) is 0 Å². The van der Waals surface area contributed by atoms with Crippen molar-refractivity contribution >= 4 is 29.8 Å². The number of hydrogen-bond donors (Lipinski definition) is 3. The standard InChI is InChI=1S/C28H43NO7.C17H27NO2.C7H10O3/c1-8-21(5)13-11-10-12-14-22(16-29)15-28(7,25(32)33)19-27(6,9-2)26(34)36-18-23(30)17-35-24(31)20(3)4;1-5-14(3)10-8-7-9-11-15(13-18)12-17(4,6-2)16(19)20;1-5(2)7(8)10-4-6-3-9-6/h8,10,12,21-23,30H,1,3,9,11,13-15,17-19H2,2,4-7H3,(H,32,33);5,7,9,14-15H,1,6,8,10-12H2,2-4H3,(H,19,20);6H,1,3-4H2,2H3. The van der Waals surface area contributed by atoms with Crippen molar-refractivity contribution < 1.29 is 58.2 Å². The van der Waals surface area contributed by atoms with E-state index in [1.165, 1.54) is 6.92 Å². The number of nitrogens with zero attached hydrogens (tertiary/aromatic N) is 2. The van der Waals surface area contributed by atoms with Crippen molar-refractivity contribution in [1.82, 2.24) is 0 Å². The number of carboxylic acid groups (broad SMARTS) is 2. The van der Waals surface area contributed by atoms with Crippen LogP contribution in [0.1, 0.15) is 133 Å². The first-order chi connectivity index (χ1) is 30.8. The minimum atomic E-state index is -1.34. The molecule has 9 atom stereocenters. The van der Waals surface area contributed by atoms with Crippen molar-refractivity contribution in [3.8, 4) is 12.1 Å². The van der Waals surface area contributed by atoms with Crippen LogP contribution < -0.4 is 0 Å². The van der Waals surface area contributed by atoms with E-state index in [9.17, 15) is 44.6 Å². The normalized spacial score (nSPS) is 17.8. The number of aliphatic hydroxyl groups excluding tert-OH is 1. The fourth-order valence-electron chi connectivity index (χ4n) is 6.13. The molecule has 0 aromatic heterocycles. The zero-order valence-electron chi connectivity index (χ0n) is 41.3. The predicted molar refractivity (Wildman–Crippen MR) is 255 cm³/mol. The summed E-state index contributed by atoms with van der Waals surface area (Å²) in [5, 5.41) is 48.0. The molecule has 1 fully saturated rings. The van der Waals surface area contributed by atoms with Gasteiger partial charge in [-0.2, -0.15) is 10.5 Å². The quantitative estimate of drug-likeness (QED) is 0.0193. The van der Waals surface area contributed by atoms with Gasteiger partial charge in [-0.1, -0.05) is 77.3 Å². The molecule has 1 heterocycles. The molecule has 14 heteroatoms. The smallest absolute Gasteiger partial charge is 0.333 e. The van der Waals surface area contributed by atoms with Crippen LogP contribution >= 0.6 is 0 Å². The molecule has 1 aliphatic rings. The molecule has 1 rings (SSSR count). The molecule has 0 radical (unpaired) electrons. The van der Waals surface area contributed by atoms with E-state index >= 15 is 0 Å². The lowest BCUT2D eigenvalue weighted by Gasteiger charge is -2.36. The van der Waals surface area contributed by atoms with Gasteiger partial charge in [0.15, 0.2) is 0 Å². The van der Waals surface area contributed by atoms with E-state index in [-0.39, 0.29) is 43.0 Å². The first-order valence-corrected chi connectivity index (χ1v) is 22.8. The van der Waals surface area contributed by atoms with Gasteiger partial charge in [-0.15, -0.1) is 13.2 Å². The number of ether oxygens (including phenoxy) is 4. The Balaban J connectivity index is 0. The number of carboxylic acids is 2. The van der Waals surface area contributed by atoms with E-state index in [1.54, 1.807) is 34.6 Å². The number of allylic oxidation sites excluding steroid dienone is 6. The van der Waals surface area contributed by atoms with Crippen LogP contribution in [0, 0.1) is 62.6 Å². The molecule has 370 valence electrons. The lowest BCUT2D eigenvalue weighted by atomic mass is 9.67. The summed E-state index contributed by atoms with van der Waals surface area (Å²) >= 11 is 0. The Hall–Kier alpha value is -5.31. The summed E-state index contributed by atoms with van der Waals surface area (Å²) in [7, 11) is 0. The third kappa shape index (κ3) is 27.2. The Kier molecular flexibility index (Phi) is 31.6. The number of aliphatic hydroxyl groups is 1. The summed E-state index contributed by atoms with van der Waals surface area (Å²) in [5.41, 5.74) is -2.69. The highest BCUT2D eigenvalue weighted by Gasteiger charge is 2.46. The van der Waals surface area contributed by atoms with Crippen LogP contribution in [0.2, 0.25) is 0 Å². The zero-order chi connectivity index (χ0) is 51.1. The van der Waals surface area contributed by atoms with Crippen molar-refractivity contribution in [2.45, 2.75) is 145 Å². The molecule has 1 saturated heterocycles. The lowest BCUT2D eigenvalue weighted by Crippen LogP contribution is -2.41. The molecule has 14 nitrogen and oxygen atoms in total. The summed E-state index contributed by atoms with van der Waals surface area (Å²) in [4.78, 5) is 58.5. The second-order valence-electron chi connectivity index (χ2n) is 18.2. The van der Waals surface area contributed by atoms with Crippen LogP contribution in [0.15, 0.2) is 73.9 Å². The molecule has 0 spiro atoms. The molecule has 0 saturated carbocycles. The van der Waals surface area contributed by atoms with Gasteiger partial charge in [0.2, 0.25) is 0 Å². The van der Waals surface area contributed by atoms with Crippen LogP contribution in [-0.4, -0.2) is 83.8 Å². The number of carbonyl (C=O) groups is 5. The lowest BCUT2D eigenvalue weighted by molar-refractivity contribution is -0.165. The van der Waals surface area contributed by atoms with Crippen LogP contribution in [0.3, 0.4) is 0 Å². The van der Waals surface area contributed by atoms with Gasteiger partial charge >= 0.3 is 29.8 Å². The topological polar surface area (TPSA) is 234 Å². The average molecular weight is 925 g/mol. The SMILES string of the molecule is C=C(C)C(=O)OCC1CO1.C=CC(C)CCC=CCC(C#N)CC(C)(CC(C)(CC)C(=O)OCC(O)COC(=O)C(=C)C)C(=O)O.C=CC(C)CCC=CCC(C#N)CC(C)(CC)C(=O)O. The molecule has 66 heavy (non-hydrogen) atoms. The number of hydrogen-bond acceptors (Lipinski definition) is 12. The Morgan fingerprint density at radius 3 is 1.50 bits per heavy atom. The van der Waals surface area contributed by atoms with Crippen molar-refractivity contribution in [2.75, 3.05) is 26.4 Å². The third-order valence-corrected chi connectivity index (χ3v) is 11.5. The molecular weight excluding hydrogens is 845 g/mol. The van der Waals surface area contributed by atoms with Gasteiger partial charge in [0.1, 0.15) is 32.0 Å². The molecule has 0 aromatic carbocycles. The summed E-state index contributed by atoms with van der Waals surface area (Å²) < 4.78 is 19.7. The summed E-state index contributed by atoms with van der Waals surface area (Å²) in [5.74, 6) is -3.43. The van der Waals surface area contributed by atoms with Crippen molar-refractivity contribution in [3.63, 3.8) is 0 Å². The summed E-state index contributed by atoms with van der Waals surface area (Å²) in [6.07, 6.45) is 16.9. The largest absolute Gasteiger partial charge is 0.481 e. The monoisotopic (exact) mass is 925 g/mol. The van der Waals surface area contributed by atoms with Crippen molar-refractivity contribution in [1.29, 1.82) is 10.5 Å². The number of nitriles is 2. The van der Waals surface area contributed by atoms with E-state index in [4.69, 9.17) is 24.2 Å². The molecule has 0 amide bonds. The number of carbonyl (C=O) groups excluding carboxylic acids is 3. The maximum absolute atomic E-state index is 12.9. The molecule has 3 N–H and O–H groups in total. The first-order valence-electron chi connectivity index (χ1n) is 22.8. The highest BCUT2D eigenvalue weighted by molar-refractivity contribution is 5.87. The van der Waals surface area contributed by atoms with E-state index in [0.717, 1.165) is 25.7 Å². The van der Waals surface area contributed by atoms with Gasteiger partial charge < -0.3 is 34.3 Å². The maximum atomic E-state index is 12.9. The third-order valence-electron chi connectivity index (χ3n) is 11.5. The zero-order valence-corrected chi connectivity index (χ0v) is 41.3. The Labute approximate surface area is 395 Å². The average Bonchev–Trinajstić information content (AvgIpc) is 4.12. The fourth-order valence-corrected chi connectivity index (χ4v) is 6.13. The summed E-state index contributed by atoms with van der Waals surface area (Å²) in [6, 6.07) is 4.43. The molecule has 0 aromatic rings. The Bertz CT molecular complexity index is 1740. The first kappa shape index (κ1) is 62.8. The van der Waals surface area contributed by atoms with Gasteiger partial charge in [-0.25, -0.2) is 9.59 Å². The van der Waals surface area contributed by atoms with Crippen molar-refractivity contribution in [2.24, 2.45) is 39.9 Å². The van der Waals surface area contributed by atoms with E-state index < -0.39 is 58.8 Å². The molecular formula is C52H80N2O12. The van der Waals surface area contributed by atoms with Gasteiger partial charge in [-0.05, 0) is 117 Å². The highest BCUT2D eigenvalue weighted by atomic mass is 16.6. The Morgan fingerprint density at radius 1 is 0.727 bits per heavy atom. The molecule has 0 aliphatic carbocycles. The van der Waals surface area contributed by atoms with Gasteiger partial charge in [0.25, 0.3) is 0 Å². The van der Waals surface area contributed by atoms with Gasteiger partial charge in [-0.3, -0.25) is 14.4 Å². The second-order valence-corrected chi connectivity index (χ2v) is 18.2. The fraction of sp³-hybridized carbons (Fsp3) is 0.635. The van der Waals surface area contributed by atoms with Crippen LogP contribution in [-0.2, 0) is 42.9 Å². The number of epoxide rings is 1. The van der Waals surface area contributed by atoms with Crippen LogP contribution in [0.4, 0.5) is 0 Å². The summed E-state index contributed by atoms with van der Waals surface area (Å²) in [6.45, 7) is 30.5. The number of rotatable bonds is 31. The minimum absolute atomic E-state index is 0.0375. The van der Waals surface area contributed by atoms with Gasteiger partial charge in [0.05, 0.1) is 46.8 Å². The predicted octanol–water partition coefficient (Wildman–Crippen LogP) is 10.1. The van der Waals surface area contributed by atoms with E-state index in [2.05, 4.69) is 58.4 Å². The highest BCUT2D eigenvalue weighted by Crippen LogP contribution is 2.42. The number of esters is 3. The van der Waals surface area contributed by atoms with E-state index in [1.807, 2.05) is 37.3 Å². The minimum Gasteiger partial charge on any atom is -0.481 e. The molecule has 0 bridgehead atoms. The second kappa shape index (κ2) is 33.2. The maximum Gasteiger partial charge on any atom is 0.333 e. The Morgan fingerprint density at radius 2 is 1.14 bits per heavy atom. The van der Waals surface area contributed by atoms with E-state index in [0.29, 0.717) is 62.7 Å². The van der Waals surface area contributed by atoms with Gasteiger partial charge in [0, 0.05) is 11.1 Å².